The van der Waals surface area contributed by atoms with Gasteiger partial charge in [-0.3, -0.25) is 4.79 Å². The molecule has 2 aliphatic rings. The maximum absolute atomic E-state index is 12.2. The van der Waals surface area contributed by atoms with Crippen molar-refractivity contribution < 1.29 is 28.6 Å². The summed E-state index contributed by atoms with van der Waals surface area (Å²) in [5.74, 6) is -0.214. The molecule has 0 spiro atoms. The molecule has 150 valence electrons. The molecule has 8 nitrogen and oxygen atoms in total. The number of nitrogens with one attached hydrogen (secondary N) is 1. The van der Waals surface area contributed by atoms with Gasteiger partial charge >= 0.3 is 12.1 Å². The van der Waals surface area contributed by atoms with E-state index in [9.17, 15) is 14.4 Å². The molecule has 0 saturated carbocycles. The lowest BCUT2D eigenvalue weighted by Gasteiger charge is -2.31. The van der Waals surface area contributed by atoms with Gasteiger partial charge in [-0.15, -0.1) is 0 Å². The van der Waals surface area contributed by atoms with E-state index in [1.807, 2.05) is 24.3 Å². The number of likely N-dealkylation sites (tertiary alicyclic amines) is 1. The number of carbonyl (C=O) groups is 3. The predicted molar refractivity (Wildman–Crippen MR) is 101 cm³/mol. The number of ether oxygens (including phenoxy) is 3. The second-order valence-electron chi connectivity index (χ2n) is 6.60. The third-order valence-corrected chi connectivity index (χ3v) is 4.61. The van der Waals surface area contributed by atoms with Crippen molar-refractivity contribution in [2.45, 2.75) is 25.8 Å². The van der Waals surface area contributed by atoms with E-state index >= 15 is 0 Å². The third kappa shape index (κ3) is 5.03. The molecule has 2 amide bonds. The van der Waals surface area contributed by atoms with Gasteiger partial charge in [0, 0.05) is 24.7 Å². The average molecular weight is 388 g/mol. The van der Waals surface area contributed by atoms with E-state index < -0.39 is 5.97 Å². The van der Waals surface area contributed by atoms with Crippen molar-refractivity contribution >= 4 is 24.0 Å². The monoisotopic (exact) mass is 388 g/mol. The molecule has 0 aromatic heterocycles. The topological polar surface area (TPSA) is 94.2 Å². The van der Waals surface area contributed by atoms with Crippen LogP contribution in [0.5, 0.6) is 5.75 Å². The fourth-order valence-electron chi connectivity index (χ4n) is 3.15. The van der Waals surface area contributed by atoms with E-state index in [0.29, 0.717) is 43.9 Å². The van der Waals surface area contributed by atoms with Crippen LogP contribution in [0, 0.1) is 0 Å². The minimum absolute atomic E-state index is 0.0546. The number of fused-ring (bicyclic) bond motifs is 1. The minimum atomic E-state index is -0.568. The number of nitrogens with zero attached hydrogens (tertiary/aromatic N) is 1. The largest absolute Gasteiger partial charge is 0.488 e. The second-order valence-corrected chi connectivity index (χ2v) is 6.60. The molecule has 0 aliphatic carbocycles. The van der Waals surface area contributed by atoms with Gasteiger partial charge in [0.05, 0.1) is 12.2 Å². The molecule has 28 heavy (non-hydrogen) atoms. The van der Waals surface area contributed by atoms with Crippen molar-refractivity contribution in [3.63, 3.8) is 0 Å². The van der Waals surface area contributed by atoms with Gasteiger partial charge in [0.25, 0.3) is 5.91 Å². The van der Waals surface area contributed by atoms with Gasteiger partial charge < -0.3 is 24.4 Å². The lowest BCUT2D eigenvalue weighted by atomic mass is 10.1. The van der Waals surface area contributed by atoms with Gasteiger partial charge in [-0.25, -0.2) is 9.59 Å². The third-order valence-electron chi connectivity index (χ3n) is 4.61. The maximum atomic E-state index is 12.2. The lowest BCUT2D eigenvalue weighted by molar-refractivity contribution is -0.145. The highest BCUT2D eigenvalue weighted by molar-refractivity contribution is 5.96. The molecule has 8 heteroatoms. The number of esters is 1. The van der Waals surface area contributed by atoms with Gasteiger partial charge in [-0.2, -0.15) is 0 Å². The molecule has 1 aromatic rings. The predicted octanol–water partition coefficient (Wildman–Crippen LogP) is 1.74. The van der Waals surface area contributed by atoms with Crippen molar-refractivity contribution in [3.8, 4) is 5.75 Å². The van der Waals surface area contributed by atoms with Crippen LogP contribution in [0.3, 0.4) is 0 Å². The van der Waals surface area contributed by atoms with Gasteiger partial charge in [0.15, 0.2) is 6.61 Å². The summed E-state index contributed by atoms with van der Waals surface area (Å²) in [6.07, 6.45) is 2.65. The van der Waals surface area contributed by atoms with Crippen molar-refractivity contribution in [1.29, 1.82) is 0 Å². The Morgan fingerprint density at radius 2 is 1.93 bits per heavy atom. The second kappa shape index (κ2) is 9.25. The fourth-order valence-corrected chi connectivity index (χ4v) is 3.15. The molecule has 0 bridgehead atoms. The zero-order chi connectivity index (χ0) is 19.9. The molecule has 2 aliphatic heterocycles. The van der Waals surface area contributed by atoms with E-state index in [1.54, 1.807) is 17.9 Å². The summed E-state index contributed by atoms with van der Waals surface area (Å²) in [6, 6.07) is 7.33. The Hall–Kier alpha value is -3.03. The summed E-state index contributed by atoms with van der Waals surface area (Å²) >= 11 is 0. The van der Waals surface area contributed by atoms with Crippen LogP contribution in [0.15, 0.2) is 29.8 Å². The first-order valence-corrected chi connectivity index (χ1v) is 9.37. The number of benzene rings is 1. The fraction of sp³-hybridized carbons (Fsp3) is 0.450. The molecule has 3 rings (SSSR count). The Morgan fingerprint density at radius 1 is 1.18 bits per heavy atom. The quantitative estimate of drug-likeness (QED) is 0.773. The summed E-state index contributed by atoms with van der Waals surface area (Å²) in [5.41, 5.74) is 1.17. The van der Waals surface area contributed by atoms with E-state index in [4.69, 9.17) is 14.2 Å². The summed E-state index contributed by atoms with van der Waals surface area (Å²) in [5, 5.41) is 2.84. The zero-order valence-corrected chi connectivity index (χ0v) is 15.8. The van der Waals surface area contributed by atoms with Crippen molar-refractivity contribution in [2.24, 2.45) is 0 Å². The highest BCUT2D eigenvalue weighted by Gasteiger charge is 2.25. The van der Waals surface area contributed by atoms with Crippen LogP contribution in [0.25, 0.3) is 6.08 Å². The first kappa shape index (κ1) is 19.7. The Morgan fingerprint density at radius 3 is 2.68 bits per heavy atom. The van der Waals surface area contributed by atoms with Crippen LogP contribution in [0.2, 0.25) is 0 Å². The summed E-state index contributed by atoms with van der Waals surface area (Å²) in [4.78, 5) is 37.5. The normalized spacial score (nSPS) is 16.3. The molecule has 1 aromatic carbocycles. The highest BCUT2D eigenvalue weighted by atomic mass is 16.6. The van der Waals surface area contributed by atoms with Gasteiger partial charge in [-0.1, -0.05) is 18.2 Å². The first-order valence-electron chi connectivity index (χ1n) is 9.37. The van der Waals surface area contributed by atoms with Gasteiger partial charge in [-0.05, 0) is 31.9 Å². The number of rotatable bonds is 5. The number of piperidine rings is 1. The van der Waals surface area contributed by atoms with Crippen LogP contribution in [0.4, 0.5) is 4.79 Å². The van der Waals surface area contributed by atoms with E-state index in [0.717, 1.165) is 5.56 Å². The Balaban J connectivity index is 1.41. The van der Waals surface area contributed by atoms with Crippen LogP contribution in [-0.4, -0.2) is 61.8 Å². The molecule has 1 saturated heterocycles. The first-order chi connectivity index (χ1) is 13.6. The number of para-hydroxylation sites is 1. The smallest absolute Gasteiger partial charge is 0.409 e. The molecular weight excluding hydrogens is 364 g/mol. The molecule has 0 unspecified atom stereocenters. The van der Waals surface area contributed by atoms with Crippen molar-refractivity contribution in [2.75, 3.05) is 32.9 Å². The standard InChI is InChI=1S/C20H24N2O6/c1-2-26-20(25)22-9-7-16(8-10-22)21-18(23)13-28-19(24)15-11-14-5-3-4-6-17(14)27-12-15/h3-6,11,16H,2,7-10,12-13H2,1H3,(H,21,23). The van der Waals surface area contributed by atoms with Crippen LogP contribution in [0.1, 0.15) is 25.3 Å². The SMILES string of the molecule is CCOC(=O)N1CCC(NC(=O)COC(=O)C2=Cc3ccccc3OC2)CC1. The Kier molecular flexibility index (Phi) is 6.52. The van der Waals surface area contributed by atoms with Crippen LogP contribution < -0.4 is 10.1 Å². The number of amides is 2. The van der Waals surface area contributed by atoms with Crippen LogP contribution in [-0.2, 0) is 19.1 Å². The lowest BCUT2D eigenvalue weighted by Crippen LogP contribution is -2.47. The van der Waals surface area contributed by atoms with E-state index in [1.165, 1.54) is 0 Å². The van der Waals surface area contributed by atoms with E-state index in [2.05, 4.69) is 5.32 Å². The van der Waals surface area contributed by atoms with Crippen molar-refractivity contribution in [1.82, 2.24) is 10.2 Å². The average Bonchev–Trinajstić information content (AvgIpc) is 2.72. The minimum Gasteiger partial charge on any atom is -0.488 e. The zero-order valence-electron chi connectivity index (χ0n) is 15.8. The molecular formula is C20H24N2O6. The summed E-state index contributed by atoms with van der Waals surface area (Å²) in [7, 11) is 0. The maximum Gasteiger partial charge on any atom is 0.409 e. The molecule has 0 atom stereocenters. The van der Waals surface area contributed by atoms with Gasteiger partial charge in [0.2, 0.25) is 0 Å². The molecule has 0 radical (unpaired) electrons. The summed E-state index contributed by atoms with van der Waals surface area (Å²) in [6.45, 7) is 2.91. The molecule has 2 heterocycles. The molecule has 1 N–H and O–H groups in total. The highest BCUT2D eigenvalue weighted by Crippen LogP contribution is 2.26. The summed E-state index contributed by atoms with van der Waals surface area (Å²) < 4.78 is 15.6. The van der Waals surface area contributed by atoms with Gasteiger partial charge in [0.1, 0.15) is 12.4 Å². The Bertz CT molecular complexity index is 768. The van der Waals surface area contributed by atoms with Crippen LogP contribution >= 0.6 is 0 Å². The molecule has 1 fully saturated rings. The number of hydrogen-bond acceptors (Lipinski definition) is 6. The number of hydrogen-bond donors (Lipinski definition) is 1. The Labute approximate surface area is 163 Å². The van der Waals surface area contributed by atoms with E-state index in [-0.39, 0.29) is 31.3 Å². The number of carbonyl (C=O) groups excluding carboxylic acids is 3. The van der Waals surface area contributed by atoms with Crippen molar-refractivity contribution in [3.05, 3.63) is 35.4 Å².